The van der Waals surface area contributed by atoms with E-state index < -0.39 is 20.9 Å². The molecule has 0 spiro atoms. The van der Waals surface area contributed by atoms with Crippen molar-refractivity contribution in [3.8, 4) is 0 Å². The molecule has 0 saturated carbocycles. The molecule has 0 fully saturated rings. The minimum Gasteiger partial charge on any atom is -0.481 e. The third kappa shape index (κ3) is 5.58. The summed E-state index contributed by atoms with van der Waals surface area (Å²) in [5, 5.41) is 19.0. The highest BCUT2D eigenvalue weighted by atomic mass is 35.5. The molecule has 0 aliphatic heterocycles. The zero-order chi connectivity index (χ0) is 16.8. The summed E-state index contributed by atoms with van der Waals surface area (Å²) in [6.07, 6.45) is 1.49. The van der Waals surface area contributed by atoms with Gasteiger partial charge in [0.05, 0.1) is 9.95 Å². The quantitative estimate of drug-likeness (QED) is 0.399. The highest BCUT2D eigenvalue weighted by Gasteiger charge is 2.21. The van der Waals surface area contributed by atoms with Crippen molar-refractivity contribution in [3.05, 3.63) is 33.3 Å². The summed E-state index contributed by atoms with van der Waals surface area (Å²) in [6.45, 7) is 0.0982. The van der Waals surface area contributed by atoms with Gasteiger partial charge in [0.15, 0.2) is 0 Å². The second kappa shape index (κ2) is 8.06. The molecule has 0 amide bonds. The fourth-order valence-corrected chi connectivity index (χ4v) is 3.27. The molecular weight excluding hydrogens is 336 g/mol. The number of carbonyl (C=O) groups is 1. The van der Waals surface area contributed by atoms with E-state index in [2.05, 4.69) is 4.72 Å². The summed E-state index contributed by atoms with van der Waals surface area (Å²) in [5.74, 6) is -0.899. The normalized spacial score (nSPS) is 11.3. The summed E-state index contributed by atoms with van der Waals surface area (Å²) in [7, 11) is -3.95. The molecule has 0 saturated heterocycles. The number of carboxylic acid groups (broad SMARTS) is 1. The predicted octanol–water partition coefficient (Wildman–Crippen LogP) is 2.17. The van der Waals surface area contributed by atoms with Gasteiger partial charge in [0, 0.05) is 25.1 Å². The van der Waals surface area contributed by atoms with E-state index in [0.29, 0.717) is 19.3 Å². The van der Waals surface area contributed by atoms with Crippen LogP contribution in [-0.4, -0.2) is 31.0 Å². The van der Waals surface area contributed by atoms with Crippen molar-refractivity contribution in [1.29, 1.82) is 0 Å². The third-order valence-electron chi connectivity index (χ3n) is 2.77. The van der Waals surface area contributed by atoms with E-state index in [1.54, 1.807) is 0 Å². The first-order valence-electron chi connectivity index (χ1n) is 6.39. The highest BCUT2D eigenvalue weighted by Crippen LogP contribution is 2.25. The predicted molar refractivity (Wildman–Crippen MR) is 79.4 cm³/mol. The van der Waals surface area contributed by atoms with Crippen LogP contribution in [0.25, 0.3) is 0 Å². The molecule has 0 bridgehead atoms. The Morgan fingerprint density at radius 2 is 2.00 bits per heavy atom. The van der Waals surface area contributed by atoms with E-state index in [1.807, 2.05) is 0 Å². The Morgan fingerprint density at radius 1 is 1.32 bits per heavy atom. The van der Waals surface area contributed by atoms with Gasteiger partial charge in [-0.3, -0.25) is 14.9 Å². The molecule has 1 aromatic rings. The van der Waals surface area contributed by atoms with Crippen molar-refractivity contribution in [2.75, 3.05) is 6.54 Å². The van der Waals surface area contributed by atoms with Crippen LogP contribution < -0.4 is 4.72 Å². The van der Waals surface area contributed by atoms with Crippen LogP contribution in [0.3, 0.4) is 0 Å². The first kappa shape index (κ1) is 18.3. The number of halogens is 1. The Bertz CT molecular complexity index is 662. The van der Waals surface area contributed by atoms with Crippen molar-refractivity contribution in [2.45, 2.75) is 30.6 Å². The fourth-order valence-electron chi connectivity index (χ4n) is 1.67. The fraction of sp³-hybridized carbons (Fsp3) is 0.417. The average Bonchev–Trinajstić information content (AvgIpc) is 2.42. The number of non-ortho nitro benzene ring substituents is 1. The Hall–Kier alpha value is -1.71. The van der Waals surface area contributed by atoms with Crippen molar-refractivity contribution in [3.63, 3.8) is 0 Å². The van der Waals surface area contributed by atoms with Crippen LogP contribution in [0.15, 0.2) is 23.1 Å². The number of nitro groups is 1. The SMILES string of the molecule is O=C(O)CCCCCNS(=O)(=O)c1cc([N+](=O)[O-])ccc1Cl. The molecule has 122 valence electrons. The summed E-state index contributed by atoms with van der Waals surface area (Å²) in [4.78, 5) is 19.9. The number of aliphatic carboxylic acids is 1. The zero-order valence-corrected chi connectivity index (χ0v) is 13.1. The van der Waals surface area contributed by atoms with E-state index in [0.717, 1.165) is 18.2 Å². The zero-order valence-electron chi connectivity index (χ0n) is 11.5. The summed E-state index contributed by atoms with van der Waals surface area (Å²) >= 11 is 5.78. The Labute approximate surface area is 132 Å². The van der Waals surface area contributed by atoms with Crippen LogP contribution in [0.2, 0.25) is 5.02 Å². The van der Waals surface area contributed by atoms with Crippen LogP contribution in [-0.2, 0) is 14.8 Å². The summed E-state index contributed by atoms with van der Waals surface area (Å²) in [6, 6.07) is 3.17. The maximum Gasteiger partial charge on any atom is 0.303 e. The van der Waals surface area contributed by atoms with Gasteiger partial charge in [0.2, 0.25) is 10.0 Å². The standard InChI is InChI=1S/C12H15ClN2O6S/c13-10-6-5-9(15(18)19)8-11(10)22(20,21)14-7-3-1-2-4-12(16)17/h5-6,8,14H,1-4,7H2,(H,16,17). The second-order valence-electron chi connectivity index (χ2n) is 4.47. The molecule has 0 unspecified atom stereocenters. The number of nitrogens with zero attached hydrogens (tertiary/aromatic N) is 1. The molecule has 0 heterocycles. The summed E-state index contributed by atoms with van der Waals surface area (Å²) in [5.41, 5.74) is -0.369. The molecule has 0 aromatic heterocycles. The number of benzene rings is 1. The largest absolute Gasteiger partial charge is 0.481 e. The van der Waals surface area contributed by atoms with Gasteiger partial charge >= 0.3 is 5.97 Å². The number of hydrogen-bond donors (Lipinski definition) is 2. The number of hydrogen-bond acceptors (Lipinski definition) is 5. The van der Waals surface area contributed by atoms with Gasteiger partial charge in [0.1, 0.15) is 4.90 Å². The highest BCUT2D eigenvalue weighted by molar-refractivity contribution is 7.89. The van der Waals surface area contributed by atoms with Crippen molar-refractivity contribution in [1.82, 2.24) is 4.72 Å². The number of carboxylic acids is 1. The maximum absolute atomic E-state index is 12.1. The lowest BCUT2D eigenvalue weighted by atomic mass is 10.2. The molecule has 0 aliphatic carbocycles. The Balaban J connectivity index is 2.65. The van der Waals surface area contributed by atoms with Gasteiger partial charge in [-0.1, -0.05) is 18.0 Å². The topological polar surface area (TPSA) is 127 Å². The lowest BCUT2D eigenvalue weighted by Gasteiger charge is -2.08. The summed E-state index contributed by atoms with van der Waals surface area (Å²) < 4.78 is 26.4. The minimum absolute atomic E-state index is 0.0312. The lowest BCUT2D eigenvalue weighted by molar-refractivity contribution is -0.385. The minimum atomic E-state index is -3.95. The van der Waals surface area contributed by atoms with E-state index in [9.17, 15) is 23.3 Å². The number of rotatable bonds is 9. The molecule has 8 nitrogen and oxygen atoms in total. The molecule has 2 N–H and O–H groups in total. The molecule has 1 rings (SSSR count). The Morgan fingerprint density at radius 3 is 2.59 bits per heavy atom. The average molecular weight is 351 g/mol. The second-order valence-corrected chi connectivity index (χ2v) is 6.62. The lowest BCUT2D eigenvalue weighted by Crippen LogP contribution is -2.25. The van der Waals surface area contributed by atoms with E-state index in [4.69, 9.17) is 16.7 Å². The van der Waals surface area contributed by atoms with E-state index in [1.165, 1.54) is 0 Å². The first-order valence-corrected chi connectivity index (χ1v) is 8.25. The first-order chi connectivity index (χ1) is 10.2. The van der Waals surface area contributed by atoms with Gasteiger partial charge in [-0.2, -0.15) is 0 Å². The molecule has 1 aromatic carbocycles. The van der Waals surface area contributed by atoms with Crippen LogP contribution in [0, 0.1) is 10.1 Å². The third-order valence-corrected chi connectivity index (χ3v) is 4.72. The molecule has 0 radical (unpaired) electrons. The molecule has 0 atom stereocenters. The van der Waals surface area contributed by atoms with Crippen LogP contribution >= 0.6 is 11.6 Å². The molecule has 10 heteroatoms. The Kier molecular flexibility index (Phi) is 6.72. The molecular formula is C12H15ClN2O6S. The van der Waals surface area contributed by atoms with Crippen molar-refractivity contribution < 1.29 is 23.2 Å². The van der Waals surface area contributed by atoms with Crippen LogP contribution in [0.4, 0.5) is 5.69 Å². The maximum atomic E-state index is 12.1. The number of nitrogens with one attached hydrogen (secondary N) is 1. The van der Waals surface area contributed by atoms with Gasteiger partial charge in [-0.15, -0.1) is 0 Å². The van der Waals surface area contributed by atoms with Crippen molar-refractivity contribution >= 4 is 33.3 Å². The van der Waals surface area contributed by atoms with Crippen molar-refractivity contribution in [2.24, 2.45) is 0 Å². The van der Waals surface area contributed by atoms with E-state index in [-0.39, 0.29) is 28.6 Å². The van der Waals surface area contributed by atoms with Gasteiger partial charge in [-0.25, -0.2) is 13.1 Å². The van der Waals surface area contributed by atoms with Crippen LogP contribution in [0.1, 0.15) is 25.7 Å². The number of nitro benzene ring substituents is 1. The van der Waals surface area contributed by atoms with Crippen LogP contribution in [0.5, 0.6) is 0 Å². The number of unbranched alkanes of at least 4 members (excludes halogenated alkanes) is 2. The molecule has 0 aliphatic rings. The van der Waals surface area contributed by atoms with Gasteiger partial charge in [0.25, 0.3) is 5.69 Å². The smallest absolute Gasteiger partial charge is 0.303 e. The van der Waals surface area contributed by atoms with Gasteiger partial charge in [-0.05, 0) is 18.9 Å². The van der Waals surface area contributed by atoms with Gasteiger partial charge < -0.3 is 5.11 Å². The molecule has 22 heavy (non-hydrogen) atoms. The van der Waals surface area contributed by atoms with E-state index >= 15 is 0 Å². The monoisotopic (exact) mass is 350 g/mol. The number of sulfonamides is 1.